The SMILES string of the molecule is CC(C)(O)C#Cc1nncs1. The molecule has 0 saturated heterocycles. The molecule has 0 unspecified atom stereocenters. The highest BCUT2D eigenvalue weighted by Gasteiger charge is 2.05. The average molecular weight is 168 g/mol. The quantitative estimate of drug-likeness (QED) is 0.579. The van der Waals surface area contributed by atoms with Crippen LogP contribution in [0.4, 0.5) is 0 Å². The van der Waals surface area contributed by atoms with Gasteiger partial charge in [0.25, 0.3) is 0 Å². The Morgan fingerprint density at radius 1 is 1.64 bits per heavy atom. The Labute approximate surface area is 69.1 Å². The van der Waals surface area contributed by atoms with Gasteiger partial charge in [0, 0.05) is 0 Å². The van der Waals surface area contributed by atoms with Crippen molar-refractivity contribution >= 4 is 11.3 Å². The van der Waals surface area contributed by atoms with Crippen molar-refractivity contribution in [3.05, 3.63) is 10.5 Å². The third-order valence-corrected chi connectivity index (χ3v) is 1.44. The standard InChI is InChI=1S/C7H8N2OS/c1-7(2,10)4-3-6-9-8-5-11-6/h5,10H,1-2H3. The Morgan fingerprint density at radius 3 is 2.82 bits per heavy atom. The van der Waals surface area contributed by atoms with E-state index in [1.54, 1.807) is 19.4 Å². The van der Waals surface area contributed by atoms with Crippen molar-refractivity contribution in [1.82, 2.24) is 10.2 Å². The van der Waals surface area contributed by atoms with Gasteiger partial charge in [-0.3, -0.25) is 0 Å². The molecular formula is C7H8N2OS. The minimum atomic E-state index is -0.953. The number of hydrogen-bond donors (Lipinski definition) is 1. The van der Waals surface area contributed by atoms with Crippen LogP contribution in [0.3, 0.4) is 0 Å². The van der Waals surface area contributed by atoms with E-state index >= 15 is 0 Å². The van der Waals surface area contributed by atoms with E-state index in [1.807, 2.05) is 0 Å². The van der Waals surface area contributed by atoms with Gasteiger partial charge in [-0.2, -0.15) is 0 Å². The molecule has 1 rings (SSSR count). The lowest BCUT2D eigenvalue weighted by Crippen LogP contribution is -2.14. The molecule has 0 aromatic carbocycles. The summed E-state index contributed by atoms with van der Waals surface area (Å²) in [6, 6.07) is 0. The number of rotatable bonds is 0. The van der Waals surface area contributed by atoms with Crippen molar-refractivity contribution in [2.45, 2.75) is 19.4 Å². The van der Waals surface area contributed by atoms with Gasteiger partial charge >= 0.3 is 0 Å². The largest absolute Gasteiger partial charge is 0.378 e. The molecule has 1 heterocycles. The summed E-state index contributed by atoms with van der Waals surface area (Å²) in [5.41, 5.74) is 0.653. The molecule has 0 aliphatic rings. The normalized spacial score (nSPS) is 10.5. The fourth-order valence-electron chi connectivity index (χ4n) is 0.434. The Hall–Kier alpha value is -0.920. The average Bonchev–Trinajstić information content (AvgIpc) is 2.32. The van der Waals surface area contributed by atoms with Crippen LogP contribution in [0.5, 0.6) is 0 Å². The second kappa shape index (κ2) is 2.99. The fourth-order valence-corrected chi connectivity index (χ4v) is 0.832. The zero-order chi connectivity index (χ0) is 8.32. The molecule has 11 heavy (non-hydrogen) atoms. The summed E-state index contributed by atoms with van der Waals surface area (Å²) < 4.78 is 0. The first-order valence-corrected chi connectivity index (χ1v) is 3.97. The van der Waals surface area contributed by atoms with E-state index < -0.39 is 5.60 Å². The van der Waals surface area contributed by atoms with Crippen LogP contribution in [0.2, 0.25) is 0 Å². The van der Waals surface area contributed by atoms with Crippen molar-refractivity contribution in [2.24, 2.45) is 0 Å². The first-order valence-electron chi connectivity index (χ1n) is 3.10. The van der Waals surface area contributed by atoms with Crippen molar-refractivity contribution in [1.29, 1.82) is 0 Å². The van der Waals surface area contributed by atoms with Crippen molar-refractivity contribution in [3.8, 4) is 11.8 Å². The number of aliphatic hydroxyl groups is 1. The first kappa shape index (κ1) is 8.18. The maximum Gasteiger partial charge on any atom is 0.190 e. The predicted octanol–water partition coefficient (Wildman–Crippen LogP) is 0.661. The van der Waals surface area contributed by atoms with Gasteiger partial charge in [0.2, 0.25) is 0 Å². The summed E-state index contributed by atoms with van der Waals surface area (Å²) in [5, 5.41) is 17.1. The molecular weight excluding hydrogens is 160 g/mol. The lowest BCUT2D eigenvalue weighted by atomic mass is 10.1. The number of hydrogen-bond acceptors (Lipinski definition) is 4. The lowest BCUT2D eigenvalue weighted by Gasteiger charge is -2.04. The Kier molecular flexibility index (Phi) is 2.22. The van der Waals surface area contributed by atoms with E-state index in [0.717, 1.165) is 0 Å². The summed E-state index contributed by atoms with van der Waals surface area (Å²) in [4.78, 5) is 0. The van der Waals surface area contributed by atoms with Crippen LogP contribution in [0.1, 0.15) is 18.9 Å². The summed E-state index contributed by atoms with van der Waals surface area (Å²) in [7, 11) is 0. The molecule has 0 saturated carbocycles. The molecule has 0 spiro atoms. The molecule has 0 aliphatic carbocycles. The monoisotopic (exact) mass is 168 g/mol. The molecule has 0 amide bonds. The minimum absolute atomic E-state index is 0.632. The fraction of sp³-hybridized carbons (Fsp3) is 0.429. The van der Waals surface area contributed by atoms with Crippen LogP contribution in [0, 0.1) is 11.8 Å². The third kappa shape index (κ3) is 3.12. The highest BCUT2D eigenvalue weighted by atomic mass is 32.1. The van der Waals surface area contributed by atoms with Crippen LogP contribution in [0.15, 0.2) is 5.51 Å². The van der Waals surface area contributed by atoms with Gasteiger partial charge in [0.1, 0.15) is 11.1 Å². The molecule has 0 atom stereocenters. The highest BCUT2D eigenvalue weighted by Crippen LogP contribution is 2.01. The Morgan fingerprint density at radius 2 is 2.36 bits per heavy atom. The molecule has 0 fully saturated rings. The molecule has 4 heteroatoms. The highest BCUT2D eigenvalue weighted by molar-refractivity contribution is 7.09. The van der Waals surface area contributed by atoms with Crippen LogP contribution >= 0.6 is 11.3 Å². The van der Waals surface area contributed by atoms with E-state index in [0.29, 0.717) is 5.01 Å². The first-order chi connectivity index (χ1) is 5.08. The topological polar surface area (TPSA) is 46.0 Å². The maximum absolute atomic E-state index is 9.20. The van der Waals surface area contributed by atoms with Crippen molar-refractivity contribution < 1.29 is 5.11 Å². The van der Waals surface area contributed by atoms with Crippen LogP contribution in [-0.2, 0) is 0 Å². The van der Waals surface area contributed by atoms with Crippen molar-refractivity contribution in [3.63, 3.8) is 0 Å². The van der Waals surface area contributed by atoms with Gasteiger partial charge in [-0.15, -0.1) is 10.2 Å². The summed E-state index contributed by atoms with van der Waals surface area (Å²) >= 11 is 1.36. The zero-order valence-electron chi connectivity index (χ0n) is 6.33. The molecule has 1 N–H and O–H groups in total. The summed E-state index contributed by atoms with van der Waals surface area (Å²) in [6.45, 7) is 3.25. The van der Waals surface area contributed by atoms with E-state index in [-0.39, 0.29) is 0 Å². The van der Waals surface area contributed by atoms with Gasteiger partial charge in [-0.1, -0.05) is 17.3 Å². The zero-order valence-corrected chi connectivity index (χ0v) is 7.14. The minimum Gasteiger partial charge on any atom is -0.378 e. The lowest BCUT2D eigenvalue weighted by molar-refractivity contribution is 0.143. The van der Waals surface area contributed by atoms with Crippen LogP contribution in [-0.4, -0.2) is 20.9 Å². The Balaban J connectivity index is 2.74. The molecule has 0 bridgehead atoms. The van der Waals surface area contributed by atoms with Gasteiger partial charge in [0.05, 0.1) is 0 Å². The predicted molar refractivity (Wildman–Crippen MR) is 43.1 cm³/mol. The molecule has 58 valence electrons. The molecule has 0 radical (unpaired) electrons. The van der Waals surface area contributed by atoms with E-state index in [9.17, 15) is 5.11 Å². The van der Waals surface area contributed by atoms with Crippen LogP contribution < -0.4 is 0 Å². The van der Waals surface area contributed by atoms with Gasteiger partial charge in [-0.05, 0) is 19.8 Å². The molecule has 1 aromatic rings. The summed E-state index contributed by atoms with van der Waals surface area (Å²) in [5.74, 6) is 5.35. The van der Waals surface area contributed by atoms with E-state index in [2.05, 4.69) is 22.0 Å². The Bertz CT molecular complexity index is 276. The smallest absolute Gasteiger partial charge is 0.190 e. The third-order valence-electron chi connectivity index (χ3n) is 0.835. The summed E-state index contributed by atoms with van der Waals surface area (Å²) in [6.07, 6.45) is 0. The van der Waals surface area contributed by atoms with Gasteiger partial charge in [-0.25, -0.2) is 0 Å². The van der Waals surface area contributed by atoms with E-state index in [1.165, 1.54) is 11.3 Å². The molecule has 3 nitrogen and oxygen atoms in total. The second-order valence-corrected chi connectivity index (χ2v) is 3.39. The molecule has 1 aromatic heterocycles. The number of nitrogens with zero attached hydrogens (tertiary/aromatic N) is 2. The van der Waals surface area contributed by atoms with Crippen molar-refractivity contribution in [2.75, 3.05) is 0 Å². The maximum atomic E-state index is 9.20. The van der Waals surface area contributed by atoms with Gasteiger partial charge < -0.3 is 5.11 Å². The number of aromatic nitrogens is 2. The van der Waals surface area contributed by atoms with E-state index in [4.69, 9.17) is 0 Å². The second-order valence-electron chi connectivity index (χ2n) is 2.55. The molecule has 0 aliphatic heterocycles. The van der Waals surface area contributed by atoms with Crippen LogP contribution in [0.25, 0.3) is 0 Å². The van der Waals surface area contributed by atoms with Gasteiger partial charge in [0.15, 0.2) is 5.01 Å².